The van der Waals surface area contributed by atoms with Gasteiger partial charge in [0.25, 0.3) is 16.0 Å². The van der Waals surface area contributed by atoms with Crippen LogP contribution in [0, 0.1) is 0 Å². The smallest absolute Gasteiger partial charge is 0.417 e. The molecule has 0 bridgehead atoms. The van der Waals surface area contributed by atoms with E-state index in [0.717, 1.165) is 22.8 Å². The second-order valence-corrected chi connectivity index (χ2v) is 7.36. The predicted octanol–water partition coefficient (Wildman–Crippen LogP) is 1.27. The van der Waals surface area contributed by atoms with E-state index in [1.807, 2.05) is 0 Å². The van der Waals surface area contributed by atoms with Crippen molar-refractivity contribution < 1.29 is 35.7 Å². The highest BCUT2D eigenvalue weighted by atomic mass is 32.2. The SMILES string of the molecule is Cn1c(C(=O)N=C(N)N)cc2c(C(F)(F)F)ccc(OCCCS(=O)(=O)O)c21. The number of hydrogen-bond acceptors (Lipinski definition) is 4. The summed E-state index contributed by atoms with van der Waals surface area (Å²) in [4.78, 5) is 15.4. The molecule has 0 aliphatic heterocycles. The van der Waals surface area contributed by atoms with Gasteiger partial charge in [0.05, 0.1) is 23.4 Å². The average Bonchev–Trinajstić information content (AvgIpc) is 2.87. The summed E-state index contributed by atoms with van der Waals surface area (Å²) in [5, 5.41) is -0.309. The molecule has 1 aromatic heterocycles. The lowest BCUT2D eigenvalue weighted by Crippen LogP contribution is -2.24. The molecule has 28 heavy (non-hydrogen) atoms. The van der Waals surface area contributed by atoms with Gasteiger partial charge in [-0.1, -0.05) is 0 Å². The van der Waals surface area contributed by atoms with Crippen molar-refractivity contribution in [3.8, 4) is 5.75 Å². The molecule has 13 heteroatoms. The summed E-state index contributed by atoms with van der Waals surface area (Å²) in [7, 11) is -2.85. The van der Waals surface area contributed by atoms with E-state index in [0.29, 0.717) is 0 Å². The Morgan fingerprint density at radius 2 is 1.96 bits per heavy atom. The lowest BCUT2D eigenvalue weighted by atomic mass is 10.1. The number of amides is 1. The number of nitrogens with zero attached hydrogens (tertiary/aromatic N) is 2. The zero-order valence-corrected chi connectivity index (χ0v) is 15.3. The summed E-state index contributed by atoms with van der Waals surface area (Å²) in [5.41, 5.74) is 9.04. The second-order valence-electron chi connectivity index (χ2n) is 5.79. The number of benzene rings is 1. The Kier molecular flexibility index (Phi) is 5.89. The maximum absolute atomic E-state index is 13.3. The number of hydrogen-bond donors (Lipinski definition) is 3. The largest absolute Gasteiger partial charge is 0.491 e. The highest BCUT2D eigenvalue weighted by Gasteiger charge is 2.34. The van der Waals surface area contributed by atoms with Crippen LogP contribution in [0.1, 0.15) is 22.5 Å². The van der Waals surface area contributed by atoms with Gasteiger partial charge in [0.1, 0.15) is 11.4 Å². The minimum atomic E-state index is -4.69. The fourth-order valence-corrected chi connectivity index (χ4v) is 3.08. The molecule has 0 aliphatic rings. The number of fused-ring (bicyclic) bond motifs is 1. The molecule has 1 amide bonds. The maximum Gasteiger partial charge on any atom is 0.417 e. The van der Waals surface area contributed by atoms with Gasteiger partial charge in [0.15, 0.2) is 5.96 Å². The van der Waals surface area contributed by atoms with Crippen LogP contribution >= 0.6 is 0 Å². The number of carbonyl (C=O) groups is 1. The van der Waals surface area contributed by atoms with Crippen LogP contribution in [0.3, 0.4) is 0 Å². The number of alkyl halides is 3. The van der Waals surface area contributed by atoms with Gasteiger partial charge < -0.3 is 20.8 Å². The molecule has 1 heterocycles. The third kappa shape index (κ3) is 4.92. The zero-order chi connectivity index (χ0) is 21.3. The number of aromatic nitrogens is 1. The minimum absolute atomic E-state index is 0.00964. The Balaban J connectivity index is 2.53. The van der Waals surface area contributed by atoms with Gasteiger partial charge in [-0.2, -0.15) is 26.6 Å². The van der Waals surface area contributed by atoms with Crippen LogP contribution < -0.4 is 16.2 Å². The molecule has 5 N–H and O–H groups in total. The summed E-state index contributed by atoms with van der Waals surface area (Å²) in [6.45, 7) is -0.192. The Bertz CT molecular complexity index is 1040. The summed E-state index contributed by atoms with van der Waals surface area (Å²) in [6, 6.07) is 2.85. The van der Waals surface area contributed by atoms with E-state index >= 15 is 0 Å². The number of guanidine groups is 1. The van der Waals surface area contributed by atoms with Crippen LogP contribution in [0.5, 0.6) is 5.75 Å². The lowest BCUT2D eigenvalue weighted by Gasteiger charge is -2.13. The van der Waals surface area contributed by atoms with Gasteiger partial charge in [-0.25, -0.2) is 0 Å². The molecule has 0 spiro atoms. The molecule has 0 aliphatic carbocycles. The summed E-state index contributed by atoms with van der Waals surface area (Å²) >= 11 is 0. The van der Waals surface area contributed by atoms with Gasteiger partial charge in [0, 0.05) is 12.4 Å². The average molecular weight is 422 g/mol. The molecular weight excluding hydrogens is 405 g/mol. The van der Waals surface area contributed by atoms with Crippen LogP contribution in [0.15, 0.2) is 23.2 Å². The van der Waals surface area contributed by atoms with Crippen LogP contribution in [0.2, 0.25) is 0 Å². The predicted molar refractivity (Wildman–Crippen MR) is 94.6 cm³/mol. The zero-order valence-electron chi connectivity index (χ0n) is 14.5. The first-order chi connectivity index (χ1) is 12.8. The normalized spacial score (nSPS) is 12.2. The molecule has 0 radical (unpaired) electrons. The van der Waals surface area contributed by atoms with E-state index in [1.165, 1.54) is 7.05 Å². The number of aliphatic imine (C=N–C) groups is 1. The maximum atomic E-state index is 13.3. The first-order valence-electron chi connectivity index (χ1n) is 7.73. The third-order valence-corrected chi connectivity index (χ3v) is 4.52. The molecule has 0 saturated carbocycles. The van der Waals surface area contributed by atoms with Crippen LogP contribution in [0.25, 0.3) is 10.9 Å². The fourth-order valence-electron chi connectivity index (χ4n) is 2.60. The minimum Gasteiger partial charge on any atom is -0.491 e. The van der Waals surface area contributed by atoms with Crippen molar-refractivity contribution in [3.63, 3.8) is 0 Å². The standard InChI is InChI=1S/C15H17F3N4O5S/c1-22-10(13(23)21-14(19)20)7-8-9(15(16,17)18)3-4-11(12(8)22)27-5-2-6-28(24,25)26/h3-4,7H,2,5-6H2,1H3,(H,24,25,26)(H4,19,20,21,23). The molecule has 0 fully saturated rings. The Morgan fingerprint density at radius 1 is 1.32 bits per heavy atom. The first kappa shape index (κ1) is 21.5. The molecule has 0 saturated heterocycles. The molecule has 9 nitrogen and oxygen atoms in total. The van der Waals surface area contributed by atoms with Crippen molar-refractivity contribution in [2.75, 3.05) is 12.4 Å². The van der Waals surface area contributed by atoms with Crippen molar-refractivity contribution in [1.29, 1.82) is 0 Å². The Morgan fingerprint density at radius 3 is 2.50 bits per heavy atom. The van der Waals surface area contributed by atoms with Crippen molar-refractivity contribution in [2.24, 2.45) is 23.5 Å². The highest BCUT2D eigenvalue weighted by molar-refractivity contribution is 7.85. The number of ether oxygens (including phenoxy) is 1. The number of halogens is 3. The fraction of sp³-hybridized carbons (Fsp3) is 0.333. The molecule has 154 valence electrons. The molecule has 0 atom stereocenters. The van der Waals surface area contributed by atoms with Crippen LogP contribution in [-0.4, -0.2) is 41.8 Å². The van der Waals surface area contributed by atoms with Gasteiger partial charge in [-0.15, -0.1) is 0 Å². The summed E-state index contributed by atoms with van der Waals surface area (Å²) in [5.74, 6) is -2.07. The molecule has 2 rings (SSSR count). The van der Waals surface area contributed by atoms with E-state index in [9.17, 15) is 26.4 Å². The Labute approximate surface area is 157 Å². The summed E-state index contributed by atoms with van der Waals surface area (Å²) in [6.07, 6.45) is -4.79. The van der Waals surface area contributed by atoms with Gasteiger partial charge in [0.2, 0.25) is 0 Å². The summed E-state index contributed by atoms with van der Waals surface area (Å²) < 4.78 is 76.7. The van der Waals surface area contributed by atoms with Gasteiger partial charge in [-0.3, -0.25) is 9.35 Å². The van der Waals surface area contributed by atoms with E-state index in [-0.39, 0.29) is 35.4 Å². The topological polar surface area (TPSA) is 150 Å². The number of carbonyl (C=O) groups excluding carboxylic acids is 1. The van der Waals surface area contributed by atoms with Gasteiger partial charge >= 0.3 is 6.18 Å². The monoisotopic (exact) mass is 422 g/mol. The lowest BCUT2D eigenvalue weighted by molar-refractivity contribution is -0.136. The molecule has 0 unspecified atom stereocenters. The van der Waals surface area contributed by atoms with Crippen molar-refractivity contribution in [3.05, 3.63) is 29.5 Å². The van der Waals surface area contributed by atoms with Crippen molar-refractivity contribution in [1.82, 2.24) is 4.57 Å². The quantitative estimate of drug-likeness (QED) is 0.274. The number of rotatable bonds is 6. The highest BCUT2D eigenvalue weighted by Crippen LogP contribution is 2.39. The van der Waals surface area contributed by atoms with E-state index in [2.05, 4.69) is 4.99 Å². The molecular formula is C15H17F3N4O5S. The van der Waals surface area contributed by atoms with Crippen LogP contribution in [0.4, 0.5) is 13.2 Å². The first-order valence-corrected chi connectivity index (χ1v) is 9.33. The van der Waals surface area contributed by atoms with E-state index < -0.39 is 39.5 Å². The molecule has 2 aromatic rings. The van der Waals surface area contributed by atoms with E-state index in [4.69, 9.17) is 20.8 Å². The third-order valence-electron chi connectivity index (χ3n) is 3.72. The van der Waals surface area contributed by atoms with Crippen molar-refractivity contribution >= 4 is 32.9 Å². The number of aryl methyl sites for hydroxylation is 1. The second kappa shape index (κ2) is 7.67. The van der Waals surface area contributed by atoms with Crippen LogP contribution in [-0.2, 0) is 23.3 Å². The van der Waals surface area contributed by atoms with Crippen molar-refractivity contribution in [2.45, 2.75) is 12.6 Å². The van der Waals surface area contributed by atoms with E-state index in [1.54, 1.807) is 0 Å². The van der Waals surface area contributed by atoms with Gasteiger partial charge in [-0.05, 0) is 24.6 Å². The molecule has 1 aromatic carbocycles. The number of nitrogens with two attached hydrogens (primary N) is 2. The Hall–Kier alpha value is -2.80.